The maximum atomic E-state index is 12.3. The molecule has 0 bridgehead atoms. The Hall–Kier alpha value is -0.610. The third kappa shape index (κ3) is 2.80. The molecule has 1 fully saturated rings. The maximum absolute atomic E-state index is 12.3. The van der Waals surface area contributed by atoms with Crippen LogP contribution in [0.5, 0.6) is 0 Å². The van der Waals surface area contributed by atoms with Crippen molar-refractivity contribution in [3.8, 4) is 0 Å². The van der Waals surface area contributed by atoms with E-state index in [0.717, 1.165) is 0 Å². The number of rotatable bonds is 6. The molecule has 17 heavy (non-hydrogen) atoms. The first-order valence-corrected chi connectivity index (χ1v) is 7.46. The van der Waals surface area contributed by atoms with Gasteiger partial charge in [0.15, 0.2) is 19.8 Å². The minimum Gasteiger partial charge on any atom is -0.392 e. The van der Waals surface area contributed by atoms with Gasteiger partial charge in [0.2, 0.25) is 0 Å². The van der Waals surface area contributed by atoms with Gasteiger partial charge >= 0.3 is 19.5 Å². The number of ether oxygens (including phenoxy) is 1. The third-order valence-corrected chi connectivity index (χ3v) is 5.45. The third-order valence-electron chi connectivity index (χ3n) is 2.06. The van der Waals surface area contributed by atoms with Gasteiger partial charge in [-0.25, -0.2) is 0 Å². The van der Waals surface area contributed by atoms with Crippen LogP contribution in [0, 0.1) is 0 Å². The molecule has 2 unspecified atom stereocenters. The first kappa shape index (κ1) is 14.5. The molecule has 0 aliphatic carbocycles. The minimum atomic E-state index is -3.84. The van der Waals surface area contributed by atoms with Crippen molar-refractivity contribution in [2.24, 2.45) is 0 Å². The summed E-state index contributed by atoms with van der Waals surface area (Å²) >= 11 is 0. The maximum Gasteiger partial charge on any atom is 0.346 e. The minimum absolute atomic E-state index is 0.0394. The van der Waals surface area contributed by atoms with Gasteiger partial charge in [-0.1, -0.05) is 0 Å². The second-order valence-corrected chi connectivity index (χ2v) is 6.03. The van der Waals surface area contributed by atoms with E-state index in [1.807, 2.05) is 0 Å². The van der Waals surface area contributed by atoms with Gasteiger partial charge in [0.1, 0.15) is 0 Å². The molecule has 1 aliphatic heterocycles. The van der Waals surface area contributed by atoms with E-state index in [4.69, 9.17) is 9.05 Å². The second-order valence-electron chi connectivity index (χ2n) is 3.11. The summed E-state index contributed by atoms with van der Waals surface area (Å²) in [5.41, 5.74) is -2.78. The van der Waals surface area contributed by atoms with E-state index in [9.17, 15) is 18.7 Å². The Kier molecular flexibility index (Phi) is 4.95. The molecule has 7 nitrogen and oxygen atoms in total. The van der Waals surface area contributed by atoms with E-state index in [1.165, 1.54) is 0 Å². The summed E-state index contributed by atoms with van der Waals surface area (Å²) in [4.78, 5) is 22.6. The lowest BCUT2D eigenvalue weighted by Crippen LogP contribution is -2.27. The lowest BCUT2D eigenvalue weighted by Gasteiger charge is -2.20. The zero-order valence-corrected chi connectivity index (χ0v) is 11.1. The van der Waals surface area contributed by atoms with E-state index in [0.29, 0.717) is 0 Å². The fraction of sp³-hybridized carbons (Fsp3) is 0.750. The second kappa shape index (κ2) is 5.83. The van der Waals surface area contributed by atoms with E-state index in [1.54, 1.807) is 13.8 Å². The first-order valence-electron chi connectivity index (χ1n) is 4.97. The lowest BCUT2D eigenvalue weighted by molar-refractivity contribution is -0.151. The Balaban J connectivity index is 3.08. The predicted molar refractivity (Wildman–Crippen MR) is 57.1 cm³/mol. The van der Waals surface area contributed by atoms with Crippen molar-refractivity contribution in [3.63, 3.8) is 0 Å². The van der Waals surface area contributed by atoms with Crippen LogP contribution >= 0.6 is 16.1 Å². The Morgan fingerprint density at radius 1 is 1.24 bits per heavy atom. The molecule has 0 amide bonds. The lowest BCUT2D eigenvalue weighted by atomic mass is 10.3. The van der Waals surface area contributed by atoms with Crippen LogP contribution in [0.4, 0.5) is 0 Å². The van der Waals surface area contributed by atoms with Crippen molar-refractivity contribution >= 4 is 28.0 Å². The van der Waals surface area contributed by atoms with Crippen molar-refractivity contribution in [1.82, 2.24) is 0 Å². The molecule has 0 spiro atoms. The predicted octanol–water partition coefficient (Wildman–Crippen LogP) is 1.36. The van der Waals surface area contributed by atoms with Crippen LogP contribution in [-0.4, -0.2) is 36.5 Å². The summed E-state index contributed by atoms with van der Waals surface area (Å²) in [5.74, 6) is -2.00. The molecule has 0 N–H and O–H groups in total. The molecule has 0 aromatic heterocycles. The average molecular weight is 282 g/mol. The van der Waals surface area contributed by atoms with Gasteiger partial charge in [-0.2, -0.15) is 0 Å². The molecule has 1 aliphatic rings. The normalized spacial score (nSPS) is 25.3. The smallest absolute Gasteiger partial charge is 0.346 e. The first-order chi connectivity index (χ1) is 8.00. The van der Waals surface area contributed by atoms with Crippen LogP contribution in [0.2, 0.25) is 0 Å². The average Bonchev–Trinajstić information content (AvgIpc) is 2.54. The zero-order chi connectivity index (χ0) is 13.1. The van der Waals surface area contributed by atoms with Crippen LogP contribution in [0.1, 0.15) is 13.8 Å². The van der Waals surface area contributed by atoms with Gasteiger partial charge in [-0.3, -0.25) is 18.7 Å². The molecule has 0 radical (unpaired) electrons. The van der Waals surface area contributed by atoms with Crippen molar-refractivity contribution in [3.05, 3.63) is 0 Å². The van der Waals surface area contributed by atoms with Gasteiger partial charge in [-0.15, -0.1) is 0 Å². The van der Waals surface area contributed by atoms with Crippen LogP contribution in [-0.2, 0) is 32.5 Å². The summed E-state index contributed by atoms with van der Waals surface area (Å²) in [6.45, 7) is 3.21. The van der Waals surface area contributed by atoms with Gasteiger partial charge in [0.25, 0.3) is 0 Å². The number of hydrogen-bond donors (Lipinski definition) is 0. The quantitative estimate of drug-likeness (QED) is 0.412. The fourth-order valence-electron chi connectivity index (χ4n) is 1.44. The molecule has 96 valence electrons. The Labute approximate surface area is 99.5 Å². The van der Waals surface area contributed by atoms with Crippen LogP contribution in [0.3, 0.4) is 0 Å². The zero-order valence-electron chi connectivity index (χ0n) is 9.32. The summed E-state index contributed by atoms with van der Waals surface area (Å²) in [5, 5.41) is 0. The number of carbonyl (C=O) groups is 2. The Morgan fingerprint density at radius 3 is 2.18 bits per heavy atom. The number of hydrogen-bond acceptors (Lipinski definition) is 7. The Morgan fingerprint density at radius 2 is 1.76 bits per heavy atom. The van der Waals surface area contributed by atoms with Crippen molar-refractivity contribution in [2.75, 3.05) is 13.2 Å². The topological polar surface area (TPSA) is 96.0 Å². The van der Waals surface area contributed by atoms with Gasteiger partial charge in [-0.05, 0) is 13.8 Å². The summed E-state index contributed by atoms with van der Waals surface area (Å²) in [6.07, 6.45) is 0. The highest BCUT2D eigenvalue weighted by Crippen LogP contribution is 2.57. The Bertz CT molecular complexity index is 370. The molecule has 0 aromatic carbocycles. The molecular weight excluding hydrogens is 270 g/mol. The highest BCUT2D eigenvalue weighted by atomic mass is 31.2. The summed E-state index contributed by atoms with van der Waals surface area (Å²) < 4.78 is 37.3. The van der Waals surface area contributed by atoms with E-state index >= 15 is 0 Å². The SMILES string of the molecule is CCOP(=O)(OCC)C1C(=O)OC(=O)C1P=O. The highest BCUT2D eigenvalue weighted by molar-refractivity contribution is 7.56. The molecule has 1 rings (SSSR count). The molecule has 1 saturated heterocycles. The molecular formula is C8H12O7P2. The van der Waals surface area contributed by atoms with Gasteiger partial charge < -0.3 is 13.8 Å². The summed E-state index contributed by atoms with van der Waals surface area (Å²) in [6, 6.07) is 0. The number of esters is 2. The van der Waals surface area contributed by atoms with Crippen LogP contribution in [0.25, 0.3) is 0 Å². The van der Waals surface area contributed by atoms with Gasteiger partial charge in [0, 0.05) is 0 Å². The van der Waals surface area contributed by atoms with E-state index in [2.05, 4.69) is 4.74 Å². The van der Waals surface area contributed by atoms with Crippen molar-refractivity contribution < 1.29 is 32.5 Å². The molecule has 0 saturated carbocycles. The van der Waals surface area contributed by atoms with Crippen molar-refractivity contribution in [1.29, 1.82) is 0 Å². The molecule has 2 atom stereocenters. The van der Waals surface area contributed by atoms with Gasteiger partial charge in [0.05, 0.1) is 13.2 Å². The molecule has 9 heteroatoms. The van der Waals surface area contributed by atoms with E-state index in [-0.39, 0.29) is 13.2 Å². The fourth-order valence-corrected chi connectivity index (χ4v) is 4.36. The molecule has 0 aromatic rings. The number of carbonyl (C=O) groups excluding carboxylic acids is 2. The summed E-state index contributed by atoms with van der Waals surface area (Å²) in [7, 11) is -4.48. The van der Waals surface area contributed by atoms with Crippen molar-refractivity contribution in [2.45, 2.75) is 25.2 Å². The largest absolute Gasteiger partial charge is 0.392 e. The molecule has 1 heterocycles. The monoisotopic (exact) mass is 282 g/mol. The van der Waals surface area contributed by atoms with E-state index < -0.39 is 39.3 Å². The number of cyclic esters (lactones) is 2. The van der Waals surface area contributed by atoms with Crippen LogP contribution in [0.15, 0.2) is 0 Å². The van der Waals surface area contributed by atoms with Crippen LogP contribution < -0.4 is 0 Å². The standard InChI is InChI=1S/C8H12O7P2/c1-3-13-17(12,14-4-2)6-5(16-11)7(9)15-8(6)10/h5-6H,3-4H2,1-2H3. The highest BCUT2D eigenvalue weighted by Gasteiger charge is 2.57.